The van der Waals surface area contributed by atoms with Crippen molar-refractivity contribution in [3.8, 4) is 6.07 Å². The topological polar surface area (TPSA) is 74.3 Å². The molecule has 6 nitrogen and oxygen atoms in total. The van der Waals surface area contributed by atoms with Crippen molar-refractivity contribution >= 4 is 11.6 Å². The first-order chi connectivity index (χ1) is 14.0. The van der Waals surface area contributed by atoms with Crippen molar-refractivity contribution in [1.29, 1.82) is 5.26 Å². The molecule has 2 heterocycles. The molecule has 1 aliphatic carbocycles. The summed E-state index contributed by atoms with van der Waals surface area (Å²) in [5.74, 6) is 0.142. The molecule has 2 aromatic heterocycles. The number of amides is 1. The van der Waals surface area contributed by atoms with Crippen LogP contribution in [0.4, 0.5) is 0 Å². The van der Waals surface area contributed by atoms with Gasteiger partial charge in [-0.15, -0.1) is 0 Å². The fourth-order valence-corrected chi connectivity index (χ4v) is 4.46. The average molecular weight is 387 g/mol. The van der Waals surface area contributed by atoms with Gasteiger partial charge in [-0.3, -0.25) is 4.79 Å². The van der Waals surface area contributed by atoms with Crippen LogP contribution in [0, 0.1) is 25.2 Å². The summed E-state index contributed by atoms with van der Waals surface area (Å²) in [5, 5.41) is 13.5. The molecule has 0 fully saturated rings. The molecule has 3 aromatic rings. The van der Waals surface area contributed by atoms with Crippen molar-refractivity contribution in [2.45, 2.75) is 52.0 Å². The lowest BCUT2D eigenvalue weighted by Gasteiger charge is -2.33. The molecule has 29 heavy (non-hydrogen) atoms. The summed E-state index contributed by atoms with van der Waals surface area (Å²) in [5.41, 5.74) is 6.50. The fraction of sp³-hybridized carbons (Fsp3) is 0.391. The minimum atomic E-state index is 0.142. The summed E-state index contributed by atoms with van der Waals surface area (Å²) >= 11 is 0. The molecule has 1 aromatic carbocycles. The zero-order chi connectivity index (χ0) is 20.5. The first kappa shape index (κ1) is 19.1. The summed E-state index contributed by atoms with van der Waals surface area (Å²) in [6.07, 6.45) is 5.79. The third-order valence-corrected chi connectivity index (χ3v) is 6.12. The Morgan fingerprint density at radius 1 is 1.34 bits per heavy atom. The Balaban J connectivity index is 1.53. The maximum Gasteiger partial charge on any atom is 0.223 e. The molecular formula is C23H25N5O. The van der Waals surface area contributed by atoms with Crippen LogP contribution in [-0.2, 0) is 17.6 Å². The van der Waals surface area contributed by atoms with Gasteiger partial charge < -0.3 is 4.90 Å². The number of fused-ring (bicyclic) bond motifs is 2. The van der Waals surface area contributed by atoms with Crippen LogP contribution in [0.5, 0.6) is 0 Å². The Morgan fingerprint density at radius 3 is 2.93 bits per heavy atom. The second-order valence-corrected chi connectivity index (χ2v) is 7.78. The molecule has 1 aliphatic rings. The van der Waals surface area contributed by atoms with Crippen molar-refractivity contribution < 1.29 is 4.79 Å². The maximum absolute atomic E-state index is 13.0. The van der Waals surface area contributed by atoms with Crippen LogP contribution in [0.3, 0.4) is 0 Å². The van der Waals surface area contributed by atoms with Crippen molar-refractivity contribution in [3.05, 3.63) is 64.1 Å². The van der Waals surface area contributed by atoms with Gasteiger partial charge in [0.05, 0.1) is 12.2 Å². The molecule has 4 rings (SSSR count). The van der Waals surface area contributed by atoms with E-state index in [9.17, 15) is 10.1 Å². The van der Waals surface area contributed by atoms with Gasteiger partial charge in [-0.05, 0) is 56.2 Å². The van der Waals surface area contributed by atoms with E-state index in [-0.39, 0.29) is 11.9 Å². The largest absolute Gasteiger partial charge is 0.339 e. The van der Waals surface area contributed by atoms with Crippen molar-refractivity contribution in [2.24, 2.45) is 0 Å². The van der Waals surface area contributed by atoms with Crippen LogP contribution in [0.1, 0.15) is 58.9 Å². The number of hydrogen-bond donors (Lipinski definition) is 0. The van der Waals surface area contributed by atoms with Crippen LogP contribution in [0.2, 0.25) is 0 Å². The van der Waals surface area contributed by atoms with Gasteiger partial charge in [0, 0.05) is 24.9 Å². The van der Waals surface area contributed by atoms with Crippen LogP contribution in [0.15, 0.2) is 30.5 Å². The van der Waals surface area contributed by atoms with Crippen molar-refractivity contribution in [3.63, 3.8) is 0 Å². The van der Waals surface area contributed by atoms with E-state index in [4.69, 9.17) is 0 Å². The third kappa shape index (κ3) is 3.38. The first-order valence-electron chi connectivity index (χ1n) is 10.1. The average Bonchev–Trinajstić information content (AvgIpc) is 3.15. The summed E-state index contributed by atoms with van der Waals surface area (Å²) in [6, 6.07) is 10.7. The highest BCUT2D eigenvalue weighted by Gasteiger charge is 2.26. The van der Waals surface area contributed by atoms with Crippen molar-refractivity contribution in [2.75, 3.05) is 7.05 Å². The molecule has 6 heteroatoms. The number of benzene rings is 1. The molecule has 0 aliphatic heterocycles. The number of carbonyl (C=O) groups is 1. The first-order valence-corrected chi connectivity index (χ1v) is 10.1. The highest BCUT2D eigenvalue weighted by Crippen LogP contribution is 2.33. The minimum absolute atomic E-state index is 0.142. The standard InChI is InChI=1S/C23H25N5O/c1-15-19(16(2)28-23(26-15)18(13-24)14-25-28)11-12-22(29)27(3)21-10-6-8-17-7-4-5-9-20(17)21/h4-5,7,9,14,21H,6,8,10-12H2,1-3H3/t21-/m1/s1. The molecule has 0 radical (unpaired) electrons. The second kappa shape index (κ2) is 7.67. The molecule has 0 spiro atoms. The predicted molar refractivity (Wildman–Crippen MR) is 110 cm³/mol. The molecule has 0 saturated heterocycles. The van der Waals surface area contributed by atoms with Crippen LogP contribution >= 0.6 is 0 Å². The summed E-state index contributed by atoms with van der Waals surface area (Å²) in [4.78, 5) is 19.5. The normalized spacial score (nSPS) is 15.7. The highest BCUT2D eigenvalue weighted by molar-refractivity contribution is 5.77. The Morgan fingerprint density at radius 2 is 2.14 bits per heavy atom. The summed E-state index contributed by atoms with van der Waals surface area (Å²) in [7, 11) is 1.92. The molecule has 1 atom stereocenters. The molecule has 0 saturated carbocycles. The van der Waals surface area contributed by atoms with Crippen LogP contribution < -0.4 is 0 Å². The third-order valence-electron chi connectivity index (χ3n) is 6.12. The van der Waals surface area contributed by atoms with Gasteiger partial charge in [-0.1, -0.05) is 24.3 Å². The SMILES string of the molecule is Cc1nc2c(C#N)cnn2c(C)c1CCC(=O)N(C)[C@@H]1CCCc2ccccc21. The van der Waals surface area contributed by atoms with E-state index in [1.165, 1.54) is 17.3 Å². The molecular weight excluding hydrogens is 362 g/mol. The number of carbonyl (C=O) groups excluding carboxylic acids is 1. The smallest absolute Gasteiger partial charge is 0.223 e. The lowest BCUT2D eigenvalue weighted by atomic mass is 9.87. The lowest BCUT2D eigenvalue weighted by Crippen LogP contribution is -2.33. The van der Waals surface area contributed by atoms with Crippen molar-refractivity contribution in [1.82, 2.24) is 19.5 Å². The van der Waals surface area contributed by atoms with E-state index in [0.29, 0.717) is 24.1 Å². The van der Waals surface area contributed by atoms with Gasteiger partial charge >= 0.3 is 0 Å². The minimum Gasteiger partial charge on any atom is -0.339 e. The zero-order valence-corrected chi connectivity index (χ0v) is 17.1. The fourth-order valence-electron chi connectivity index (χ4n) is 4.46. The van der Waals surface area contributed by atoms with Gasteiger partial charge in [0.25, 0.3) is 0 Å². The predicted octanol–water partition coefficient (Wildman–Crippen LogP) is 3.69. The van der Waals surface area contributed by atoms with E-state index >= 15 is 0 Å². The lowest BCUT2D eigenvalue weighted by molar-refractivity contribution is -0.132. The number of nitriles is 1. The van der Waals surface area contributed by atoms with Gasteiger partial charge in [-0.2, -0.15) is 10.4 Å². The molecule has 0 unspecified atom stereocenters. The number of aryl methyl sites for hydroxylation is 3. The monoisotopic (exact) mass is 387 g/mol. The molecule has 1 amide bonds. The summed E-state index contributed by atoms with van der Waals surface area (Å²) < 4.78 is 1.70. The molecule has 0 N–H and O–H groups in total. The quantitative estimate of drug-likeness (QED) is 0.684. The Bertz CT molecular complexity index is 1120. The van der Waals surface area contributed by atoms with Gasteiger partial charge in [0.15, 0.2) is 5.65 Å². The van der Waals surface area contributed by atoms with E-state index in [1.807, 2.05) is 25.8 Å². The Kier molecular flexibility index (Phi) is 5.06. The maximum atomic E-state index is 13.0. The number of rotatable bonds is 4. The second-order valence-electron chi connectivity index (χ2n) is 7.78. The Labute approximate surface area is 170 Å². The van der Waals surface area contributed by atoms with E-state index < -0.39 is 0 Å². The Hall–Kier alpha value is -3.20. The highest BCUT2D eigenvalue weighted by atomic mass is 16.2. The molecule has 0 bridgehead atoms. The number of hydrogen-bond acceptors (Lipinski definition) is 4. The number of nitrogens with zero attached hydrogens (tertiary/aromatic N) is 5. The van der Waals surface area contributed by atoms with E-state index in [2.05, 4.69) is 40.4 Å². The molecule has 148 valence electrons. The number of aromatic nitrogens is 3. The van der Waals surface area contributed by atoms with Crippen LogP contribution in [0.25, 0.3) is 5.65 Å². The van der Waals surface area contributed by atoms with Crippen LogP contribution in [-0.4, -0.2) is 32.5 Å². The van der Waals surface area contributed by atoms with Gasteiger partial charge in [0.1, 0.15) is 11.6 Å². The van der Waals surface area contributed by atoms with E-state index in [0.717, 1.165) is 36.2 Å². The summed E-state index contributed by atoms with van der Waals surface area (Å²) in [6.45, 7) is 3.90. The zero-order valence-electron chi connectivity index (χ0n) is 17.1. The van der Waals surface area contributed by atoms with Gasteiger partial charge in [0.2, 0.25) is 5.91 Å². The van der Waals surface area contributed by atoms with E-state index in [1.54, 1.807) is 4.52 Å². The van der Waals surface area contributed by atoms with Gasteiger partial charge in [-0.25, -0.2) is 9.50 Å².